The first-order valence-electron chi connectivity index (χ1n) is 6.43. The van der Waals surface area contributed by atoms with Crippen LogP contribution < -0.4 is 4.90 Å². The van der Waals surface area contributed by atoms with Crippen molar-refractivity contribution in [2.24, 2.45) is 0 Å². The number of likely N-dealkylation sites (N-methyl/N-ethyl adjacent to an activating group) is 1. The van der Waals surface area contributed by atoms with Gasteiger partial charge in [0.05, 0.1) is 12.2 Å². The monoisotopic (exact) mass is 325 g/mol. The molecule has 0 unspecified atom stereocenters. The smallest absolute Gasteiger partial charge is 0.254 e. The fraction of sp³-hybridized carbons (Fsp3) is 0.286. The number of anilines is 1. The summed E-state index contributed by atoms with van der Waals surface area (Å²) in [6.45, 7) is 1.20. The van der Waals surface area contributed by atoms with Gasteiger partial charge in [0.25, 0.3) is 5.91 Å². The van der Waals surface area contributed by atoms with Crippen LogP contribution in [0.3, 0.4) is 0 Å². The zero-order valence-corrected chi connectivity index (χ0v) is 12.9. The maximum Gasteiger partial charge on any atom is 0.254 e. The zero-order chi connectivity index (χ0) is 15.0. The Kier molecular flexibility index (Phi) is 3.82. The predicted molar refractivity (Wildman–Crippen MR) is 81.6 cm³/mol. The summed E-state index contributed by atoms with van der Waals surface area (Å²) in [7, 11) is 1.87. The summed E-state index contributed by atoms with van der Waals surface area (Å²) in [5.41, 5.74) is 0.587. The first-order chi connectivity index (χ1) is 10.0. The number of thiazole rings is 1. The van der Waals surface area contributed by atoms with Gasteiger partial charge in [0.1, 0.15) is 0 Å². The van der Waals surface area contributed by atoms with Crippen LogP contribution in [0.5, 0.6) is 0 Å². The summed E-state index contributed by atoms with van der Waals surface area (Å²) in [4.78, 5) is 19.9. The summed E-state index contributed by atoms with van der Waals surface area (Å²) in [6.07, 6.45) is 1.21. The first-order valence-corrected chi connectivity index (χ1v) is 7.63. The third-order valence-electron chi connectivity index (χ3n) is 3.54. The van der Waals surface area contributed by atoms with Crippen LogP contribution in [0.4, 0.5) is 9.52 Å². The second-order valence-electron chi connectivity index (χ2n) is 4.93. The number of benzene rings is 1. The normalized spacial score (nSPS) is 14.9. The van der Waals surface area contributed by atoms with Gasteiger partial charge in [0.15, 0.2) is 10.3 Å². The Hall–Kier alpha value is -1.66. The van der Waals surface area contributed by atoms with Crippen molar-refractivity contribution in [1.29, 1.82) is 0 Å². The molecule has 1 fully saturated rings. The van der Waals surface area contributed by atoms with E-state index in [2.05, 4.69) is 4.98 Å². The quantitative estimate of drug-likeness (QED) is 0.870. The Bertz CT molecular complexity index is 672. The van der Waals surface area contributed by atoms with Gasteiger partial charge in [-0.05, 0) is 18.2 Å². The average molecular weight is 326 g/mol. The number of amides is 1. The van der Waals surface area contributed by atoms with Crippen molar-refractivity contribution >= 4 is 34.0 Å². The first kappa shape index (κ1) is 14.3. The van der Waals surface area contributed by atoms with Crippen LogP contribution in [0.25, 0.3) is 0 Å². The molecule has 0 N–H and O–H groups in total. The molecule has 1 saturated heterocycles. The molecule has 4 nitrogen and oxygen atoms in total. The highest BCUT2D eigenvalue weighted by Gasteiger charge is 2.34. The van der Waals surface area contributed by atoms with Crippen LogP contribution in [0.15, 0.2) is 30.5 Å². The average Bonchev–Trinajstić information content (AvgIpc) is 2.83. The minimum atomic E-state index is -0.303. The molecule has 1 aliphatic rings. The minimum absolute atomic E-state index is 0.0348. The highest BCUT2D eigenvalue weighted by atomic mass is 35.5. The molecule has 0 bridgehead atoms. The number of hydrogen-bond acceptors (Lipinski definition) is 4. The number of halogens is 2. The molecule has 1 amide bonds. The van der Waals surface area contributed by atoms with Crippen LogP contribution >= 0.6 is 22.9 Å². The lowest BCUT2D eigenvalue weighted by Gasteiger charge is -2.43. The summed E-state index contributed by atoms with van der Waals surface area (Å²) in [5, 5.41) is 0.878. The van der Waals surface area contributed by atoms with Gasteiger partial charge in [-0.3, -0.25) is 4.79 Å². The van der Waals surface area contributed by atoms with Crippen LogP contribution in [-0.4, -0.2) is 42.0 Å². The second-order valence-corrected chi connectivity index (χ2v) is 6.33. The highest BCUT2D eigenvalue weighted by Crippen LogP contribution is 2.26. The van der Waals surface area contributed by atoms with Crippen molar-refractivity contribution < 1.29 is 9.18 Å². The minimum Gasteiger partial charge on any atom is -0.345 e. The lowest BCUT2D eigenvalue weighted by atomic mass is 10.1. The number of likely N-dealkylation sites (tertiary alicyclic amines) is 1. The van der Waals surface area contributed by atoms with Crippen molar-refractivity contribution in [2.45, 2.75) is 6.04 Å². The molecule has 0 aliphatic carbocycles. The fourth-order valence-electron chi connectivity index (χ4n) is 2.24. The van der Waals surface area contributed by atoms with E-state index in [1.54, 1.807) is 29.2 Å². The lowest BCUT2D eigenvalue weighted by Crippen LogP contribution is -2.60. The number of carbonyl (C=O) groups is 1. The number of aromatic nitrogens is 1. The van der Waals surface area contributed by atoms with Crippen molar-refractivity contribution in [3.05, 3.63) is 46.2 Å². The Morgan fingerprint density at radius 2 is 2.29 bits per heavy atom. The van der Waals surface area contributed by atoms with E-state index in [0.29, 0.717) is 28.8 Å². The van der Waals surface area contributed by atoms with Crippen molar-refractivity contribution in [1.82, 2.24) is 9.88 Å². The Labute approximate surface area is 130 Å². The Morgan fingerprint density at radius 3 is 2.90 bits per heavy atom. The molecule has 21 heavy (non-hydrogen) atoms. The molecular weight excluding hydrogens is 313 g/mol. The maximum atomic E-state index is 13.0. The van der Waals surface area contributed by atoms with E-state index < -0.39 is 0 Å². The molecule has 7 heteroatoms. The molecule has 3 rings (SSSR count). The topological polar surface area (TPSA) is 36.4 Å². The van der Waals surface area contributed by atoms with E-state index in [1.165, 1.54) is 6.20 Å². The third-order valence-corrected chi connectivity index (χ3v) is 4.65. The van der Waals surface area contributed by atoms with E-state index in [9.17, 15) is 9.18 Å². The van der Waals surface area contributed by atoms with Gasteiger partial charge in [-0.1, -0.05) is 29.0 Å². The number of carbonyl (C=O) groups excluding carboxylic acids is 1. The van der Waals surface area contributed by atoms with Gasteiger partial charge in [-0.15, -0.1) is 0 Å². The molecule has 0 saturated carbocycles. The zero-order valence-electron chi connectivity index (χ0n) is 11.3. The molecule has 2 aromatic rings. The molecule has 1 aromatic carbocycles. The summed E-state index contributed by atoms with van der Waals surface area (Å²) < 4.78 is 13.0. The maximum absolute atomic E-state index is 13.0. The van der Waals surface area contributed by atoms with Gasteiger partial charge in [-0.25, -0.2) is 4.98 Å². The van der Waals surface area contributed by atoms with Crippen molar-refractivity contribution in [3.63, 3.8) is 0 Å². The molecule has 1 aliphatic heterocycles. The van der Waals surface area contributed by atoms with E-state index >= 15 is 0 Å². The third kappa shape index (κ3) is 2.87. The number of hydrogen-bond donors (Lipinski definition) is 0. The van der Waals surface area contributed by atoms with Gasteiger partial charge < -0.3 is 9.80 Å². The molecule has 110 valence electrons. The Morgan fingerprint density at radius 1 is 1.52 bits per heavy atom. The molecule has 2 heterocycles. The summed E-state index contributed by atoms with van der Waals surface area (Å²) >= 11 is 6.90. The van der Waals surface area contributed by atoms with Crippen molar-refractivity contribution in [2.75, 3.05) is 25.0 Å². The second kappa shape index (κ2) is 5.61. The van der Waals surface area contributed by atoms with E-state index in [0.717, 1.165) is 11.3 Å². The highest BCUT2D eigenvalue weighted by molar-refractivity contribution is 7.14. The summed E-state index contributed by atoms with van der Waals surface area (Å²) in [6, 6.07) is 7.08. The van der Waals surface area contributed by atoms with Crippen LogP contribution in [0.1, 0.15) is 10.4 Å². The fourth-order valence-corrected chi connectivity index (χ4v) is 3.10. The molecule has 0 spiro atoms. The predicted octanol–water partition coefficient (Wildman–Crippen LogP) is 2.90. The SMILES string of the molecule is CN(c1ncc(F)s1)C1CN(C(=O)c2cccc(Cl)c2)C1. The van der Waals surface area contributed by atoms with E-state index in [4.69, 9.17) is 11.6 Å². The van der Waals surface area contributed by atoms with Gasteiger partial charge >= 0.3 is 0 Å². The van der Waals surface area contributed by atoms with E-state index in [1.807, 2.05) is 11.9 Å². The molecular formula is C14H13ClFN3OS. The number of rotatable bonds is 3. The Balaban J connectivity index is 1.61. The molecule has 0 radical (unpaired) electrons. The molecule has 0 atom stereocenters. The van der Waals surface area contributed by atoms with Gasteiger partial charge in [-0.2, -0.15) is 4.39 Å². The van der Waals surface area contributed by atoms with E-state index in [-0.39, 0.29) is 17.1 Å². The number of nitrogens with zero attached hydrogens (tertiary/aromatic N) is 3. The summed E-state index contributed by atoms with van der Waals surface area (Å²) in [5.74, 6) is -0.0348. The van der Waals surface area contributed by atoms with Crippen LogP contribution in [0, 0.1) is 5.13 Å². The van der Waals surface area contributed by atoms with Crippen LogP contribution in [0.2, 0.25) is 5.02 Å². The van der Waals surface area contributed by atoms with Gasteiger partial charge in [0, 0.05) is 30.7 Å². The van der Waals surface area contributed by atoms with Crippen LogP contribution in [-0.2, 0) is 0 Å². The van der Waals surface area contributed by atoms with Crippen molar-refractivity contribution in [3.8, 4) is 0 Å². The molecule has 1 aromatic heterocycles. The largest absolute Gasteiger partial charge is 0.345 e. The standard InChI is InChI=1S/C14H13ClFN3OS/c1-18(14-17-6-12(16)21-14)11-7-19(8-11)13(20)9-3-2-4-10(15)5-9/h2-6,11H,7-8H2,1H3. The van der Waals surface area contributed by atoms with Gasteiger partial charge in [0.2, 0.25) is 0 Å². The lowest BCUT2D eigenvalue weighted by molar-refractivity contribution is 0.0604.